The Labute approximate surface area is 159 Å². The highest BCUT2D eigenvalue weighted by Gasteiger charge is 2.36. The van der Waals surface area contributed by atoms with Crippen molar-refractivity contribution in [3.63, 3.8) is 0 Å². The monoisotopic (exact) mass is 367 g/mol. The number of nitrogens with zero attached hydrogens (tertiary/aromatic N) is 1. The van der Waals surface area contributed by atoms with Gasteiger partial charge in [0.05, 0.1) is 5.60 Å². The van der Waals surface area contributed by atoms with E-state index in [1.165, 1.54) is 5.56 Å². The molecule has 0 saturated carbocycles. The van der Waals surface area contributed by atoms with Gasteiger partial charge in [0.25, 0.3) is 0 Å². The number of ether oxygens (including phenoxy) is 2. The Hall–Kier alpha value is -2.37. The van der Waals surface area contributed by atoms with Crippen molar-refractivity contribution in [3.05, 3.63) is 59.7 Å². The zero-order valence-corrected chi connectivity index (χ0v) is 15.6. The zero-order chi connectivity index (χ0) is 18.9. The van der Waals surface area contributed by atoms with Crippen molar-refractivity contribution in [2.45, 2.75) is 37.8 Å². The number of aliphatic hydroxyl groups is 1. The molecule has 1 N–H and O–H groups in total. The van der Waals surface area contributed by atoms with Crippen molar-refractivity contribution in [1.29, 1.82) is 0 Å². The average molecular weight is 367 g/mol. The second-order valence-corrected chi connectivity index (χ2v) is 7.51. The van der Waals surface area contributed by atoms with Crippen molar-refractivity contribution in [3.8, 4) is 11.5 Å². The molecule has 1 fully saturated rings. The summed E-state index contributed by atoms with van der Waals surface area (Å²) < 4.78 is 10.9. The largest absolute Gasteiger partial charge is 0.454 e. The average Bonchev–Trinajstić information content (AvgIpc) is 3.16. The lowest BCUT2D eigenvalue weighted by Crippen LogP contribution is -2.46. The molecule has 0 aromatic heterocycles. The van der Waals surface area contributed by atoms with E-state index in [9.17, 15) is 9.90 Å². The molecule has 1 unspecified atom stereocenters. The Balaban J connectivity index is 1.37. The lowest BCUT2D eigenvalue weighted by molar-refractivity contribution is -0.0304. The Morgan fingerprint density at radius 2 is 1.81 bits per heavy atom. The molecule has 0 aliphatic carbocycles. The van der Waals surface area contributed by atoms with Crippen LogP contribution in [0.4, 0.5) is 0 Å². The predicted octanol–water partition coefficient (Wildman–Crippen LogP) is 3.58. The summed E-state index contributed by atoms with van der Waals surface area (Å²) in [7, 11) is 0. The Morgan fingerprint density at radius 1 is 1.11 bits per heavy atom. The number of likely N-dealkylation sites (tertiary alicyclic amines) is 1. The van der Waals surface area contributed by atoms with Gasteiger partial charge in [0.1, 0.15) is 0 Å². The van der Waals surface area contributed by atoms with Crippen LogP contribution in [0, 0.1) is 0 Å². The summed E-state index contributed by atoms with van der Waals surface area (Å²) >= 11 is 0. The summed E-state index contributed by atoms with van der Waals surface area (Å²) in [4.78, 5) is 14.8. The van der Waals surface area contributed by atoms with E-state index in [0.29, 0.717) is 18.4 Å². The minimum atomic E-state index is -0.919. The van der Waals surface area contributed by atoms with Gasteiger partial charge in [-0.2, -0.15) is 0 Å². The van der Waals surface area contributed by atoms with E-state index in [4.69, 9.17) is 9.47 Å². The highest BCUT2D eigenvalue weighted by molar-refractivity contribution is 5.96. The van der Waals surface area contributed by atoms with Crippen molar-refractivity contribution in [2.75, 3.05) is 19.9 Å². The van der Waals surface area contributed by atoms with Crippen molar-refractivity contribution >= 4 is 5.78 Å². The summed E-state index contributed by atoms with van der Waals surface area (Å²) in [5.74, 6) is 1.59. The first kappa shape index (κ1) is 18.0. The van der Waals surface area contributed by atoms with Gasteiger partial charge in [0.2, 0.25) is 6.79 Å². The van der Waals surface area contributed by atoms with Crippen LogP contribution in [0.3, 0.4) is 0 Å². The third-order valence-corrected chi connectivity index (χ3v) is 5.74. The lowest BCUT2D eigenvalue weighted by atomic mass is 9.84. The summed E-state index contributed by atoms with van der Waals surface area (Å²) in [5.41, 5.74) is 0.921. The number of fused-ring (bicyclic) bond motifs is 1. The first-order chi connectivity index (χ1) is 13.0. The van der Waals surface area contributed by atoms with E-state index >= 15 is 0 Å². The third-order valence-electron chi connectivity index (χ3n) is 5.74. The van der Waals surface area contributed by atoms with Gasteiger partial charge in [-0.1, -0.05) is 36.4 Å². The maximum atomic E-state index is 12.5. The van der Waals surface area contributed by atoms with Gasteiger partial charge in [-0.25, -0.2) is 0 Å². The fraction of sp³-hybridized carbons (Fsp3) is 0.409. The Kier molecular flexibility index (Phi) is 4.89. The Morgan fingerprint density at radius 3 is 2.56 bits per heavy atom. The SMILES string of the molecule is CC(c1ccc2c(c1)OCO2)N1CCC(O)(CC(=O)c2ccccc2)CC1. The van der Waals surface area contributed by atoms with E-state index in [-0.39, 0.29) is 25.0 Å². The zero-order valence-electron chi connectivity index (χ0n) is 15.6. The van der Waals surface area contributed by atoms with Crippen molar-refractivity contribution in [1.82, 2.24) is 4.90 Å². The molecule has 142 valence electrons. The van der Waals surface area contributed by atoms with E-state index in [2.05, 4.69) is 17.9 Å². The summed E-state index contributed by atoms with van der Waals surface area (Å²) in [6.07, 6.45) is 1.38. The minimum absolute atomic E-state index is 0.00960. The van der Waals surface area contributed by atoms with Gasteiger partial charge in [0.15, 0.2) is 17.3 Å². The molecule has 5 nitrogen and oxygen atoms in total. The smallest absolute Gasteiger partial charge is 0.231 e. The van der Waals surface area contributed by atoms with Crippen LogP contribution in [-0.4, -0.2) is 41.3 Å². The number of piperidine rings is 1. The number of Topliss-reactive ketones (excluding diaryl/α,β-unsaturated/α-hetero) is 1. The molecule has 1 atom stereocenters. The fourth-order valence-electron chi connectivity index (χ4n) is 3.91. The van der Waals surface area contributed by atoms with Crippen LogP contribution in [-0.2, 0) is 0 Å². The first-order valence-electron chi connectivity index (χ1n) is 9.48. The van der Waals surface area contributed by atoms with Crippen LogP contribution in [0.15, 0.2) is 48.5 Å². The summed E-state index contributed by atoms with van der Waals surface area (Å²) in [6.45, 7) is 3.96. The number of benzene rings is 2. The quantitative estimate of drug-likeness (QED) is 0.819. The molecule has 2 aromatic carbocycles. The first-order valence-corrected chi connectivity index (χ1v) is 9.48. The molecule has 4 rings (SSSR count). The fourth-order valence-corrected chi connectivity index (χ4v) is 3.91. The van der Waals surface area contributed by atoms with E-state index in [0.717, 1.165) is 24.6 Å². The van der Waals surface area contributed by atoms with Crippen LogP contribution in [0.2, 0.25) is 0 Å². The molecular weight excluding hydrogens is 342 g/mol. The lowest BCUT2D eigenvalue weighted by Gasteiger charge is -2.40. The van der Waals surface area contributed by atoms with Gasteiger partial charge in [-0.05, 0) is 37.5 Å². The van der Waals surface area contributed by atoms with E-state index in [1.54, 1.807) is 0 Å². The highest BCUT2D eigenvalue weighted by Crippen LogP contribution is 2.37. The molecule has 0 radical (unpaired) electrons. The summed E-state index contributed by atoms with van der Waals surface area (Å²) in [6, 6.07) is 15.5. The predicted molar refractivity (Wildman–Crippen MR) is 102 cm³/mol. The molecule has 1 saturated heterocycles. The minimum Gasteiger partial charge on any atom is -0.454 e. The topological polar surface area (TPSA) is 59.0 Å². The van der Waals surface area contributed by atoms with Gasteiger partial charge in [0, 0.05) is 31.1 Å². The maximum absolute atomic E-state index is 12.5. The molecule has 2 aliphatic heterocycles. The normalized spacial score (nSPS) is 19.6. The number of hydrogen-bond donors (Lipinski definition) is 1. The number of ketones is 1. The van der Waals surface area contributed by atoms with E-state index in [1.807, 2.05) is 42.5 Å². The number of carbonyl (C=O) groups excluding carboxylic acids is 1. The van der Waals surface area contributed by atoms with Gasteiger partial charge < -0.3 is 14.6 Å². The van der Waals surface area contributed by atoms with Crippen LogP contribution in [0.1, 0.15) is 48.1 Å². The molecule has 2 aromatic rings. The van der Waals surface area contributed by atoms with Crippen molar-refractivity contribution < 1.29 is 19.4 Å². The van der Waals surface area contributed by atoms with Gasteiger partial charge in [-0.3, -0.25) is 9.69 Å². The highest BCUT2D eigenvalue weighted by atomic mass is 16.7. The second-order valence-electron chi connectivity index (χ2n) is 7.51. The standard InChI is InChI=1S/C22H25NO4/c1-16(18-7-8-20-21(13-18)27-15-26-20)23-11-9-22(25,10-12-23)14-19(24)17-5-3-2-4-6-17/h2-8,13,16,25H,9-12,14-15H2,1H3. The van der Waals surface area contributed by atoms with E-state index < -0.39 is 5.60 Å². The molecular formula is C22H25NO4. The molecule has 2 aliphatic rings. The molecule has 27 heavy (non-hydrogen) atoms. The summed E-state index contributed by atoms with van der Waals surface area (Å²) in [5, 5.41) is 10.9. The molecule has 2 heterocycles. The number of rotatable bonds is 5. The molecule has 0 spiro atoms. The van der Waals surface area contributed by atoms with Crippen LogP contribution >= 0.6 is 0 Å². The van der Waals surface area contributed by atoms with Crippen molar-refractivity contribution in [2.24, 2.45) is 0 Å². The molecule has 5 heteroatoms. The molecule has 0 amide bonds. The van der Waals surface area contributed by atoms with Crippen LogP contribution in [0.25, 0.3) is 0 Å². The third kappa shape index (κ3) is 3.84. The van der Waals surface area contributed by atoms with Crippen LogP contribution < -0.4 is 9.47 Å². The molecule has 0 bridgehead atoms. The number of hydrogen-bond acceptors (Lipinski definition) is 5. The maximum Gasteiger partial charge on any atom is 0.231 e. The second kappa shape index (κ2) is 7.33. The van der Waals surface area contributed by atoms with Gasteiger partial charge in [-0.15, -0.1) is 0 Å². The van der Waals surface area contributed by atoms with Crippen LogP contribution in [0.5, 0.6) is 11.5 Å². The Bertz CT molecular complexity index is 812. The number of carbonyl (C=O) groups is 1. The van der Waals surface area contributed by atoms with Gasteiger partial charge >= 0.3 is 0 Å².